The van der Waals surface area contributed by atoms with Crippen molar-refractivity contribution in [3.63, 3.8) is 0 Å². The van der Waals surface area contributed by atoms with Crippen LogP contribution in [0.3, 0.4) is 0 Å². The summed E-state index contributed by atoms with van der Waals surface area (Å²) in [5.41, 5.74) is 1.15. The van der Waals surface area contributed by atoms with Gasteiger partial charge in [-0.2, -0.15) is 0 Å². The second-order valence-electron chi connectivity index (χ2n) is 4.24. The maximum atomic E-state index is 10.1. The zero-order chi connectivity index (χ0) is 11.8. The van der Waals surface area contributed by atoms with Crippen molar-refractivity contribution in [1.82, 2.24) is 0 Å². The molecule has 0 aliphatic carbocycles. The van der Waals surface area contributed by atoms with E-state index in [0.29, 0.717) is 0 Å². The van der Waals surface area contributed by atoms with Crippen LogP contribution in [-0.4, -0.2) is 11.2 Å². The van der Waals surface area contributed by atoms with Crippen LogP contribution in [0.25, 0.3) is 0 Å². The molecule has 0 radical (unpaired) electrons. The van der Waals surface area contributed by atoms with Crippen molar-refractivity contribution in [2.75, 3.05) is 0 Å². The highest BCUT2D eigenvalue weighted by atomic mass is 16.3. The lowest BCUT2D eigenvalue weighted by Gasteiger charge is -2.19. The fraction of sp³-hybridized carbons (Fsp3) is 0.467. The van der Waals surface area contributed by atoms with Gasteiger partial charge in [-0.25, -0.2) is 0 Å². The molecule has 88 valence electrons. The van der Waals surface area contributed by atoms with E-state index in [-0.39, 0.29) is 12.0 Å². The van der Waals surface area contributed by atoms with Crippen molar-refractivity contribution in [3.05, 3.63) is 48.6 Å². The van der Waals surface area contributed by atoms with Crippen LogP contribution in [-0.2, 0) is 0 Å². The topological polar surface area (TPSA) is 20.2 Å². The molecule has 0 heterocycles. The fourth-order valence-electron chi connectivity index (χ4n) is 1.97. The molecule has 0 fully saturated rings. The third-order valence-electron chi connectivity index (χ3n) is 2.96. The van der Waals surface area contributed by atoms with Crippen molar-refractivity contribution < 1.29 is 5.11 Å². The number of hydrogen-bond acceptors (Lipinski definition) is 1. The van der Waals surface area contributed by atoms with Gasteiger partial charge in [0.25, 0.3) is 0 Å². The third kappa shape index (κ3) is 3.82. The lowest BCUT2D eigenvalue weighted by Crippen LogP contribution is -2.16. The number of aliphatic hydroxyl groups excluding tert-OH is 1. The Kier molecular flexibility index (Phi) is 5.87. The zero-order valence-electron chi connectivity index (χ0n) is 10.1. The summed E-state index contributed by atoms with van der Waals surface area (Å²) in [7, 11) is 0. The fourth-order valence-corrected chi connectivity index (χ4v) is 1.97. The van der Waals surface area contributed by atoms with Crippen molar-refractivity contribution in [3.8, 4) is 0 Å². The van der Waals surface area contributed by atoms with Gasteiger partial charge < -0.3 is 5.11 Å². The molecule has 0 spiro atoms. The van der Waals surface area contributed by atoms with E-state index in [4.69, 9.17) is 0 Å². The molecule has 16 heavy (non-hydrogen) atoms. The molecule has 0 amide bonds. The minimum Gasteiger partial charge on any atom is -0.392 e. The largest absolute Gasteiger partial charge is 0.392 e. The van der Waals surface area contributed by atoms with E-state index < -0.39 is 0 Å². The van der Waals surface area contributed by atoms with Gasteiger partial charge in [-0.15, -0.1) is 6.58 Å². The molecule has 0 aromatic heterocycles. The highest BCUT2D eigenvalue weighted by Gasteiger charge is 2.16. The lowest BCUT2D eigenvalue weighted by atomic mass is 9.90. The van der Waals surface area contributed by atoms with Crippen LogP contribution in [0.4, 0.5) is 0 Å². The lowest BCUT2D eigenvalue weighted by molar-refractivity contribution is 0.146. The van der Waals surface area contributed by atoms with E-state index in [0.717, 1.165) is 18.4 Å². The molecule has 1 aromatic rings. The number of benzene rings is 1. The van der Waals surface area contributed by atoms with Crippen LogP contribution in [0.2, 0.25) is 0 Å². The zero-order valence-corrected chi connectivity index (χ0v) is 10.1. The van der Waals surface area contributed by atoms with Gasteiger partial charge in [0.05, 0.1) is 6.10 Å². The molecule has 2 atom stereocenters. The monoisotopic (exact) mass is 218 g/mol. The first-order valence-electron chi connectivity index (χ1n) is 6.15. The van der Waals surface area contributed by atoms with Gasteiger partial charge in [0, 0.05) is 5.92 Å². The maximum absolute atomic E-state index is 10.1. The third-order valence-corrected chi connectivity index (χ3v) is 2.96. The van der Waals surface area contributed by atoms with E-state index in [1.165, 1.54) is 12.8 Å². The summed E-state index contributed by atoms with van der Waals surface area (Å²) >= 11 is 0. The Balaban J connectivity index is 2.57. The number of aliphatic hydroxyl groups is 1. The summed E-state index contributed by atoms with van der Waals surface area (Å²) in [6.45, 7) is 6.00. The van der Waals surface area contributed by atoms with Crippen LogP contribution in [0.5, 0.6) is 0 Å². The van der Waals surface area contributed by atoms with Gasteiger partial charge in [-0.1, -0.05) is 62.6 Å². The van der Waals surface area contributed by atoms with Crippen LogP contribution in [0.1, 0.15) is 44.1 Å². The smallest absolute Gasteiger partial charge is 0.0643 e. The quantitative estimate of drug-likeness (QED) is 0.543. The highest BCUT2D eigenvalue weighted by Crippen LogP contribution is 2.24. The number of unbranched alkanes of at least 4 members (excludes halogenated alkanes) is 2. The second-order valence-corrected chi connectivity index (χ2v) is 4.24. The predicted octanol–water partition coefficient (Wildman–Crippen LogP) is 3.90. The predicted molar refractivity (Wildman–Crippen MR) is 69.5 cm³/mol. The number of hydrogen-bond donors (Lipinski definition) is 1. The van der Waals surface area contributed by atoms with E-state index in [2.05, 4.69) is 25.6 Å². The number of rotatable bonds is 7. The normalized spacial score (nSPS) is 14.4. The van der Waals surface area contributed by atoms with E-state index >= 15 is 0 Å². The van der Waals surface area contributed by atoms with E-state index in [1.54, 1.807) is 0 Å². The second kappa shape index (κ2) is 7.24. The van der Waals surface area contributed by atoms with E-state index in [9.17, 15) is 5.11 Å². The Bertz CT molecular complexity index is 292. The van der Waals surface area contributed by atoms with Crippen molar-refractivity contribution in [2.45, 2.75) is 44.6 Å². The van der Waals surface area contributed by atoms with E-state index in [1.807, 2.05) is 24.3 Å². The molecule has 0 saturated heterocycles. The summed E-state index contributed by atoms with van der Waals surface area (Å²) in [5, 5.41) is 10.1. The molecule has 0 aliphatic heterocycles. The Hall–Kier alpha value is -1.08. The highest BCUT2D eigenvalue weighted by molar-refractivity contribution is 5.24. The standard InChI is InChI=1S/C15H22O/c1-3-5-7-12-15(16)14(4-2)13-10-8-6-9-11-13/h4,6,8-11,14-16H,2-3,5,7,12H2,1H3/t14-,15-/m0/s1. The van der Waals surface area contributed by atoms with Gasteiger partial charge >= 0.3 is 0 Å². The van der Waals surface area contributed by atoms with Gasteiger partial charge in [-0.3, -0.25) is 0 Å². The molecular weight excluding hydrogens is 196 g/mol. The molecule has 1 rings (SSSR count). The van der Waals surface area contributed by atoms with Crippen molar-refractivity contribution in [1.29, 1.82) is 0 Å². The first-order chi connectivity index (χ1) is 7.79. The Morgan fingerprint density at radius 1 is 1.25 bits per heavy atom. The molecule has 1 heteroatoms. The Morgan fingerprint density at radius 2 is 1.94 bits per heavy atom. The Morgan fingerprint density at radius 3 is 2.50 bits per heavy atom. The first-order valence-corrected chi connectivity index (χ1v) is 6.15. The summed E-state index contributed by atoms with van der Waals surface area (Å²) in [4.78, 5) is 0. The average molecular weight is 218 g/mol. The maximum Gasteiger partial charge on any atom is 0.0643 e. The molecule has 1 N–H and O–H groups in total. The Labute approximate surface area is 98.8 Å². The molecule has 0 saturated carbocycles. The van der Waals surface area contributed by atoms with Gasteiger partial charge in [0.1, 0.15) is 0 Å². The minimum atomic E-state index is -0.300. The summed E-state index contributed by atoms with van der Waals surface area (Å²) in [5.74, 6) is 0.0676. The van der Waals surface area contributed by atoms with Crippen LogP contribution in [0, 0.1) is 0 Å². The summed E-state index contributed by atoms with van der Waals surface area (Å²) < 4.78 is 0. The molecule has 1 nitrogen and oxygen atoms in total. The SMILES string of the molecule is C=C[C@@H](c1ccccc1)[C@@H](O)CCCCC. The van der Waals surface area contributed by atoms with Gasteiger partial charge in [-0.05, 0) is 12.0 Å². The molecular formula is C15H22O. The molecule has 0 unspecified atom stereocenters. The summed E-state index contributed by atoms with van der Waals surface area (Å²) in [6.07, 6.45) is 5.89. The van der Waals surface area contributed by atoms with Gasteiger partial charge in [0.2, 0.25) is 0 Å². The van der Waals surface area contributed by atoms with Crippen LogP contribution in [0.15, 0.2) is 43.0 Å². The minimum absolute atomic E-state index is 0.0676. The van der Waals surface area contributed by atoms with Crippen molar-refractivity contribution in [2.24, 2.45) is 0 Å². The summed E-state index contributed by atoms with van der Waals surface area (Å²) in [6, 6.07) is 10.1. The molecule has 0 aliphatic rings. The van der Waals surface area contributed by atoms with Gasteiger partial charge in [0.15, 0.2) is 0 Å². The van der Waals surface area contributed by atoms with Crippen LogP contribution >= 0.6 is 0 Å². The van der Waals surface area contributed by atoms with Crippen molar-refractivity contribution >= 4 is 0 Å². The average Bonchev–Trinajstić information content (AvgIpc) is 2.32. The van der Waals surface area contributed by atoms with Crippen LogP contribution < -0.4 is 0 Å². The molecule has 1 aromatic carbocycles. The first kappa shape index (κ1) is 13.0. The molecule has 0 bridgehead atoms.